The molecule has 0 aliphatic heterocycles. The van der Waals surface area contributed by atoms with E-state index in [2.05, 4.69) is 19.2 Å². The van der Waals surface area contributed by atoms with Crippen molar-refractivity contribution < 1.29 is 19.0 Å². The highest BCUT2D eigenvalue weighted by molar-refractivity contribution is 5.71. The predicted molar refractivity (Wildman–Crippen MR) is 79.9 cm³/mol. The molecular weight excluding hydrogens is 258 g/mol. The minimum Gasteiger partial charge on any atom is -0.465 e. The first-order chi connectivity index (χ1) is 9.22. The molecule has 0 atom stereocenters. The summed E-state index contributed by atoms with van der Waals surface area (Å²) < 4.78 is 16.1. The van der Waals surface area contributed by atoms with Crippen molar-refractivity contribution in [1.82, 2.24) is 5.32 Å². The Labute approximate surface area is 123 Å². The summed E-state index contributed by atoms with van der Waals surface area (Å²) in [4.78, 5) is 11.2. The van der Waals surface area contributed by atoms with Gasteiger partial charge in [0.1, 0.15) is 0 Å². The van der Waals surface area contributed by atoms with Crippen LogP contribution in [0.3, 0.4) is 0 Å². The van der Waals surface area contributed by atoms with Gasteiger partial charge < -0.3 is 19.5 Å². The van der Waals surface area contributed by atoms with Gasteiger partial charge >= 0.3 is 5.97 Å². The van der Waals surface area contributed by atoms with E-state index >= 15 is 0 Å². The monoisotopic (exact) mass is 289 g/mol. The number of ether oxygens (including phenoxy) is 3. The number of hydrogen-bond donors (Lipinski definition) is 1. The Balaban J connectivity index is 3.76. The molecule has 0 radical (unpaired) electrons. The van der Waals surface area contributed by atoms with Crippen LogP contribution in [0.2, 0.25) is 0 Å². The molecule has 0 spiro atoms. The molecule has 5 nitrogen and oxygen atoms in total. The van der Waals surface area contributed by atoms with Gasteiger partial charge in [-0.2, -0.15) is 0 Å². The number of carbonyl (C=O) groups excluding carboxylic acids is 1. The lowest BCUT2D eigenvalue weighted by Gasteiger charge is -2.29. The maximum absolute atomic E-state index is 11.2. The third-order valence-electron chi connectivity index (χ3n) is 3.23. The molecule has 1 N–H and O–H groups in total. The molecule has 0 amide bonds. The molecule has 0 aliphatic rings. The normalized spacial score (nSPS) is 12.5. The second kappa shape index (κ2) is 9.32. The molecule has 5 heteroatoms. The van der Waals surface area contributed by atoms with E-state index in [1.165, 1.54) is 0 Å². The maximum Gasteiger partial charge on any atom is 0.319 e. The van der Waals surface area contributed by atoms with Gasteiger partial charge in [-0.15, -0.1) is 0 Å². The number of hydrogen-bond acceptors (Lipinski definition) is 5. The summed E-state index contributed by atoms with van der Waals surface area (Å²) in [5.41, 5.74) is -0.371. The topological polar surface area (TPSA) is 56.8 Å². The summed E-state index contributed by atoms with van der Waals surface area (Å²) >= 11 is 0. The van der Waals surface area contributed by atoms with Crippen molar-refractivity contribution >= 4 is 5.97 Å². The van der Waals surface area contributed by atoms with E-state index in [0.717, 1.165) is 19.4 Å². The molecule has 0 heterocycles. The summed E-state index contributed by atoms with van der Waals surface area (Å²) in [5, 5.41) is 3.06. The Morgan fingerprint density at radius 1 is 1.10 bits per heavy atom. The molecule has 0 unspecified atom stereocenters. The molecule has 0 rings (SSSR count). The fraction of sp³-hybridized carbons (Fsp3) is 0.933. The Hall–Kier alpha value is -0.650. The van der Waals surface area contributed by atoms with E-state index in [0.29, 0.717) is 13.2 Å². The Bertz CT molecular complexity index is 277. The molecule has 0 saturated carbocycles. The van der Waals surface area contributed by atoms with E-state index in [1.807, 2.05) is 13.8 Å². The molecule has 0 aromatic heterocycles. The minimum absolute atomic E-state index is 0.155. The lowest BCUT2D eigenvalue weighted by molar-refractivity contribution is -0.142. The third kappa shape index (κ3) is 10.2. The molecule has 0 bridgehead atoms. The van der Waals surface area contributed by atoms with Gasteiger partial charge in [-0.05, 0) is 54.0 Å². The van der Waals surface area contributed by atoms with Crippen molar-refractivity contribution in [2.24, 2.45) is 0 Å². The molecule has 120 valence electrons. The second-order valence-electron chi connectivity index (χ2n) is 6.05. The molecule has 0 aromatic carbocycles. The zero-order valence-electron chi connectivity index (χ0n) is 13.9. The van der Waals surface area contributed by atoms with Crippen molar-refractivity contribution in [3.63, 3.8) is 0 Å². The fourth-order valence-corrected chi connectivity index (χ4v) is 1.54. The molecule has 0 aromatic rings. The molecule has 0 aliphatic carbocycles. The fourth-order valence-electron chi connectivity index (χ4n) is 1.54. The van der Waals surface area contributed by atoms with Gasteiger partial charge in [-0.25, -0.2) is 0 Å². The zero-order valence-corrected chi connectivity index (χ0v) is 13.9. The van der Waals surface area contributed by atoms with Crippen LogP contribution in [0.25, 0.3) is 0 Å². The quantitative estimate of drug-likeness (QED) is 0.466. The van der Waals surface area contributed by atoms with Gasteiger partial charge in [-0.3, -0.25) is 4.79 Å². The summed E-state index contributed by atoms with van der Waals surface area (Å²) in [6.45, 7) is 12.1. The van der Waals surface area contributed by atoms with Gasteiger partial charge in [0.05, 0.1) is 31.0 Å². The number of rotatable bonds is 11. The molecule has 20 heavy (non-hydrogen) atoms. The molecular formula is C15H31NO4. The zero-order chi connectivity index (χ0) is 15.6. The van der Waals surface area contributed by atoms with E-state index in [-0.39, 0.29) is 23.7 Å². The van der Waals surface area contributed by atoms with Crippen molar-refractivity contribution in [2.75, 3.05) is 33.4 Å². The smallest absolute Gasteiger partial charge is 0.319 e. The van der Waals surface area contributed by atoms with E-state index in [1.54, 1.807) is 14.0 Å². The van der Waals surface area contributed by atoms with E-state index < -0.39 is 0 Å². The summed E-state index contributed by atoms with van der Waals surface area (Å²) in [6, 6.07) is 0. The van der Waals surface area contributed by atoms with E-state index in [9.17, 15) is 4.79 Å². The number of carbonyl (C=O) groups is 1. The number of methoxy groups -OCH3 is 1. The lowest BCUT2D eigenvalue weighted by atomic mass is 10.0. The van der Waals surface area contributed by atoms with Crippen LogP contribution < -0.4 is 5.32 Å². The Morgan fingerprint density at radius 2 is 1.75 bits per heavy atom. The van der Waals surface area contributed by atoms with Crippen LogP contribution >= 0.6 is 0 Å². The SMILES string of the molecule is CCOC(=O)CNCCC(C)(C)OCCC(C)(C)OC. The van der Waals surface area contributed by atoms with Crippen LogP contribution in [0, 0.1) is 0 Å². The first kappa shape index (κ1) is 19.4. The van der Waals surface area contributed by atoms with Crippen LogP contribution in [0.5, 0.6) is 0 Å². The Morgan fingerprint density at radius 3 is 2.30 bits per heavy atom. The lowest BCUT2D eigenvalue weighted by Crippen LogP contribution is -2.34. The molecule has 0 fully saturated rings. The average Bonchev–Trinajstić information content (AvgIpc) is 2.34. The van der Waals surface area contributed by atoms with Gasteiger partial charge in [-0.1, -0.05) is 0 Å². The maximum atomic E-state index is 11.2. The third-order valence-corrected chi connectivity index (χ3v) is 3.23. The standard InChI is InChI=1S/C15H31NO4/c1-7-19-13(17)12-16-10-8-15(4,5)20-11-9-14(2,3)18-6/h16H,7-12H2,1-6H3. The van der Waals surface area contributed by atoms with Crippen molar-refractivity contribution in [1.29, 1.82) is 0 Å². The number of esters is 1. The second-order valence-corrected chi connectivity index (χ2v) is 6.05. The highest BCUT2D eigenvalue weighted by atomic mass is 16.5. The van der Waals surface area contributed by atoms with Gasteiger partial charge in [0, 0.05) is 7.11 Å². The van der Waals surface area contributed by atoms with Crippen LogP contribution in [0.4, 0.5) is 0 Å². The average molecular weight is 289 g/mol. The van der Waals surface area contributed by atoms with Crippen LogP contribution in [-0.2, 0) is 19.0 Å². The summed E-state index contributed by atoms with van der Waals surface area (Å²) in [7, 11) is 1.71. The van der Waals surface area contributed by atoms with Crippen molar-refractivity contribution in [3.8, 4) is 0 Å². The molecule has 0 saturated heterocycles. The highest BCUT2D eigenvalue weighted by Crippen LogP contribution is 2.18. The largest absolute Gasteiger partial charge is 0.465 e. The van der Waals surface area contributed by atoms with Crippen molar-refractivity contribution in [2.45, 2.75) is 58.7 Å². The summed E-state index contributed by atoms with van der Waals surface area (Å²) in [5.74, 6) is -0.215. The van der Waals surface area contributed by atoms with Crippen LogP contribution in [0.1, 0.15) is 47.5 Å². The Kier molecular flexibility index (Phi) is 9.01. The first-order valence-electron chi connectivity index (χ1n) is 7.28. The van der Waals surface area contributed by atoms with Crippen LogP contribution in [0.15, 0.2) is 0 Å². The highest BCUT2D eigenvalue weighted by Gasteiger charge is 2.21. The number of nitrogens with one attached hydrogen (secondary N) is 1. The van der Waals surface area contributed by atoms with Crippen LogP contribution in [-0.4, -0.2) is 50.6 Å². The van der Waals surface area contributed by atoms with Crippen molar-refractivity contribution in [3.05, 3.63) is 0 Å². The first-order valence-corrected chi connectivity index (χ1v) is 7.28. The van der Waals surface area contributed by atoms with E-state index in [4.69, 9.17) is 14.2 Å². The predicted octanol–water partition coefficient (Wildman–Crippen LogP) is 2.14. The van der Waals surface area contributed by atoms with Gasteiger partial charge in [0.15, 0.2) is 0 Å². The van der Waals surface area contributed by atoms with Gasteiger partial charge in [0.2, 0.25) is 0 Å². The summed E-state index contributed by atoms with van der Waals surface area (Å²) in [6.07, 6.45) is 1.68. The minimum atomic E-state index is -0.217. The van der Waals surface area contributed by atoms with Gasteiger partial charge in [0.25, 0.3) is 0 Å².